The number of aliphatic carboxylic acids is 1. The van der Waals surface area contributed by atoms with Crippen LogP contribution in [0.25, 0.3) is 0 Å². The molecule has 2 rings (SSSR count). The molecule has 6 heteroatoms. The third-order valence-electron chi connectivity index (χ3n) is 3.32. The van der Waals surface area contributed by atoms with E-state index in [1.54, 1.807) is 6.92 Å². The lowest BCUT2D eigenvalue weighted by Crippen LogP contribution is -2.42. The van der Waals surface area contributed by atoms with Crippen LogP contribution in [-0.4, -0.2) is 34.5 Å². The fourth-order valence-corrected chi connectivity index (χ4v) is 2.86. The number of carbonyl (C=O) groups is 2. The number of rotatable bonds is 2. The summed E-state index contributed by atoms with van der Waals surface area (Å²) in [6.07, 6.45) is 0.638. The van der Waals surface area contributed by atoms with Gasteiger partial charge in [-0.2, -0.15) is 0 Å². The van der Waals surface area contributed by atoms with Gasteiger partial charge in [0.15, 0.2) is 0 Å². The third-order valence-corrected chi connectivity index (χ3v) is 3.78. The molecule has 0 radical (unpaired) electrons. The van der Waals surface area contributed by atoms with Crippen LogP contribution >= 0.6 is 15.9 Å². The predicted molar refractivity (Wildman–Crippen MR) is 70.3 cm³/mol. The standard InChI is InChI=1S/C13H13BrFNO3/c1-7-2-3-16(11(7)13(18)19)12(17)8-4-9(14)6-10(15)5-8/h4-7,11H,2-3H2,1H3,(H,18,19). The first kappa shape index (κ1) is 14.0. The molecule has 1 saturated heterocycles. The minimum absolute atomic E-state index is 0.0987. The van der Waals surface area contributed by atoms with Crippen LogP contribution in [0.15, 0.2) is 22.7 Å². The van der Waals surface area contributed by atoms with Crippen LogP contribution in [-0.2, 0) is 4.79 Å². The first-order chi connectivity index (χ1) is 8.90. The summed E-state index contributed by atoms with van der Waals surface area (Å²) in [6.45, 7) is 2.18. The van der Waals surface area contributed by atoms with E-state index in [2.05, 4.69) is 15.9 Å². The summed E-state index contributed by atoms with van der Waals surface area (Å²) in [7, 11) is 0. The van der Waals surface area contributed by atoms with Gasteiger partial charge in [0, 0.05) is 16.6 Å². The number of hydrogen-bond acceptors (Lipinski definition) is 2. The molecular formula is C13H13BrFNO3. The molecule has 1 N–H and O–H groups in total. The van der Waals surface area contributed by atoms with E-state index in [-0.39, 0.29) is 11.5 Å². The molecule has 0 bridgehead atoms. The zero-order valence-corrected chi connectivity index (χ0v) is 11.9. The number of amides is 1. The van der Waals surface area contributed by atoms with Gasteiger partial charge < -0.3 is 10.0 Å². The Balaban J connectivity index is 2.31. The van der Waals surface area contributed by atoms with Gasteiger partial charge in [0.25, 0.3) is 5.91 Å². The molecule has 0 saturated carbocycles. The second kappa shape index (κ2) is 5.28. The zero-order chi connectivity index (χ0) is 14.2. The van der Waals surface area contributed by atoms with Crippen molar-refractivity contribution in [3.63, 3.8) is 0 Å². The van der Waals surface area contributed by atoms with E-state index in [1.807, 2.05) is 0 Å². The number of likely N-dealkylation sites (tertiary alicyclic amines) is 1. The Morgan fingerprint density at radius 2 is 2.11 bits per heavy atom. The summed E-state index contributed by atoms with van der Waals surface area (Å²) < 4.78 is 13.7. The molecule has 0 spiro atoms. The highest BCUT2D eigenvalue weighted by molar-refractivity contribution is 9.10. The monoisotopic (exact) mass is 329 g/mol. The van der Waals surface area contributed by atoms with Crippen molar-refractivity contribution in [2.75, 3.05) is 6.54 Å². The number of carbonyl (C=O) groups excluding carboxylic acids is 1. The maximum absolute atomic E-state index is 13.3. The maximum Gasteiger partial charge on any atom is 0.326 e. The van der Waals surface area contributed by atoms with E-state index in [0.717, 1.165) is 6.07 Å². The normalized spacial score (nSPS) is 22.6. The molecule has 102 valence electrons. The lowest BCUT2D eigenvalue weighted by Gasteiger charge is -2.23. The van der Waals surface area contributed by atoms with Crippen LogP contribution < -0.4 is 0 Å². The maximum atomic E-state index is 13.3. The second-order valence-electron chi connectivity index (χ2n) is 4.71. The van der Waals surface area contributed by atoms with Crippen molar-refractivity contribution in [3.8, 4) is 0 Å². The molecule has 1 heterocycles. The topological polar surface area (TPSA) is 57.6 Å². The van der Waals surface area contributed by atoms with Gasteiger partial charge in [-0.1, -0.05) is 22.9 Å². The zero-order valence-electron chi connectivity index (χ0n) is 10.3. The Morgan fingerprint density at radius 3 is 2.68 bits per heavy atom. The molecule has 0 aromatic heterocycles. The van der Waals surface area contributed by atoms with Gasteiger partial charge in [-0.15, -0.1) is 0 Å². The van der Waals surface area contributed by atoms with Gasteiger partial charge >= 0.3 is 5.97 Å². The lowest BCUT2D eigenvalue weighted by molar-refractivity contribution is -0.142. The first-order valence-corrected chi connectivity index (χ1v) is 6.69. The fraction of sp³-hybridized carbons (Fsp3) is 0.385. The molecule has 1 aromatic carbocycles. The van der Waals surface area contributed by atoms with E-state index in [9.17, 15) is 19.1 Å². The van der Waals surface area contributed by atoms with Crippen LogP contribution in [0.5, 0.6) is 0 Å². The summed E-state index contributed by atoms with van der Waals surface area (Å²) in [5.74, 6) is -2.10. The summed E-state index contributed by atoms with van der Waals surface area (Å²) in [6, 6.07) is 3.02. The van der Waals surface area contributed by atoms with Gasteiger partial charge in [0.05, 0.1) is 0 Å². The Labute approximate surface area is 118 Å². The van der Waals surface area contributed by atoms with Crippen molar-refractivity contribution in [2.45, 2.75) is 19.4 Å². The Kier molecular flexibility index (Phi) is 3.89. The van der Waals surface area contributed by atoms with Crippen LogP contribution in [0, 0.1) is 11.7 Å². The molecule has 19 heavy (non-hydrogen) atoms. The average Bonchev–Trinajstić information content (AvgIpc) is 2.68. The number of halogens is 2. The average molecular weight is 330 g/mol. The molecular weight excluding hydrogens is 317 g/mol. The van der Waals surface area contributed by atoms with Gasteiger partial charge in [-0.3, -0.25) is 4.79 Å². The molecule has 1 aliphatic heterocycles. The Hall–Kier alpha value is -1.43. The van der Waals surface area contributed by atoms with Crippen LogP contribution in [0.4, 0.5) is 4.39 Å². The highest BCUT2D eigenvalue weighted by atomic mass is 79.9. The highest BCUT2D eigenvalue weighted by Gasteiger charge is 2.39. The van der Waals surface area contributed by atoms with Crippen molar-refractivity contribution in [1.82, 2.24) is 4.90 Å². The molecule has 2 atom stereocenters. The number of hydrogen-bond donors (Lipinski definition) is 1. The molecule has 4 nitrogen and oxygen atoms in total. The summed E-state index contributed by atoms with van der Waals surface area (Å²) in [4.78, 5) is 24.8. The Morgan fingerprint density at radius 1 is 1.42 bits per heavy atom. The first-order valence-electron chi connectivity index (χ1n) is 5.90. The van der Waals surface area contributed by atoms with E-state index in [1.165, 1.54) is 17.0 Å². The van der Waals surface area contributed by atoms with E-state index < -0.39 is 23.7 Å². The molecule has 1 aliphatic rings. The van der Waals surface area contributed by atoms with Gasteiger partial charge in [0.1, 0.15) is 11.9 Å². The molecule has 2 unspecified atom stereocenters. The van der Waals surface area contributed by atoms with Crippen molar-refractivity contribution in [3.05, 3.63) is 34.1 Å². The smallest absolute Gasteiger partial charge is 0.326 e. The van der Waals surface area contributed by atoms with Crippen molar-refractivity contribution < 1.29 is 19.1 Å². The second-order valence-corrected chi connectivity index (χ2v) is 5.62. The number of carboxylic acids is 1. The van der Waals surface area contributed by atoms with E-state index >= 15 is 0 Å². The van der Waals surface area contributed by atoms with Gasteiger partial charge in [-0.05, 0) is 30.5 Å². The molecule has 1 amide bonds. The third kappa shape index (κ3) is 2.78. The minimum Gasteiger partial charge on any atom is -0.480 e. The van der Waals surface area contributed by atoms with Gasteiger partial charge in [0.2, 0.25) is 0 Å². The van der Waals surface area contributed by atoms with Gasteiger partial charge in [-0.25, -0.2) is 9.18 Å². The number of carboxylic acid groups (broad SMARTS) is 1. The summed E-state index contributed by atoms with van der Waals surface area (Å²) in [5, 5.41) is 9.18. The van der Waals surface area contributed by atoms with Crippen molar-refractivity contribution in [2.24, 2.45) is 5.92 Å². The van der Waals surface area contributed by atoms with E-state index in [0.29, 0.717) is 17.4 Å². The van der Waals surface area contributed by atoms with Crippen LogP contribution in [0.3, 0.4) is 0 Å². The number of benzene rings is 1. The minimum atomic E-state index is -1.02. The van der Waals surface area contributed by atoms with E-state index in [4.69, 9.17) is 0 Å². The summed E-state index contributed by atoms with van der Waals surface area (Å²) in [5.41, 5.74) is 0.159. The highest BCUT2D eigenvalue weighted by Crippen LogP contribution is 2.27. The fourth-order valence-electron chi connectivity index (χ4n) is 2.39. The van der Waals surface area contributed by atoms with Crippen LogP contribution in [0.2, 0.25) is 0 Å². The summed E-state index contributed by atoms with van der Waals surface area (Å²) >= 11 is 3.12. The van der Waals surface area contributed by atoms with Crippen molar-refractivity contribution >= 4 is 27.8 Å². The molecule has 1 fully saturated rings. The Bertz CT molecular complexity index is 514. The van der Waals surface area contributed by atoms with Crippen molar-refractivity contribution in [1.29, 1.82) is 0 Å². The molecule has 0 aliphatic carbocycles. The lowest BCUT2D eigenvalue weighted by atomic mass is 10.0. The molecule has 1 aromatic rings. The quantitative estimate of drug-likeness (QED) is 0.907. The van der Waals surface area contributed by atoms with Crippen LogP contribution in [0.1, 0.15) is 23.7 Å². The number of nitrogens with zero attached hydrogens (tertiary/aromatic N) is 1. The SMILES string of the molecule is CC1CCN(C(=O)c2cc(F)cc(Br)c2)C1C(=O)O. The predicted octanol–water partition coefficient (Wildman–Crippen LogP) is 2.52. The largest absolute Gasteiger partial charge is 0.480 e.